The predicted molar refractivity (Wildman–Crippen MR) is 292 cm³/mol. The predicted octanol–water partition coefficient (Wildman–Crippen LogP) is -4.72. The monoisotopic (exact) mass is 1280 g/mol. The third-order valence-electron chi connectivity index (χ3n) is 22.8. The van der Waals surface area contributed by atoms with Crippen LogP contribution >= 0.6 is 0 Å². The summed E-state index contributed by atoms with van der Waals surface area (Å²) in [5, 5.41) is 177. The van der Waals surface area contributed by atoms with E-state index in [1.807, 2.05) is 33.8 Å². The first-order chi connectivity index (χ1) is 41.6. The van der Waals surface area contributed by atoms with E-state index >= 15 is 4.79 Å². The molecule has 89 heavy (non-hydrogen) atoms. The van der Waals surface area contributed by atoms with Crippen molar-refractivity contribution in [1.29, 1.82) is 0 Å². The molecule has 5 aliphatic heterocycles. The molecule has 0 unspecified atom stereocenters. The van der Waals surface area contributed by atoms with Gasteiger partial charge >= 0.3 is 17.9 Å². The summed E-state index contributed by atoms with van der Waals surface area (Å²) in [5.41, 5.74) is -8.29. The summed E-state index contributed by atoms with van der Waals surface area (Å²) in [6.45, 7) is 8.14. The highest BCUT2D eigenvalue weighted by atomic mass is 16.8. The maximum absolute atomic E-state index is 15.5. The zero-order chi connectivity index (χ0) is 65.2. The van der Waals surface area contributed by atoms with Crippen molar-refractivity contribution in [2.45, 2.75) is 247 Å². The molecule has 0 aromatic heterocycles. The molecular formula is C59H92O30. The fourth-order valence-corrected chi connectivity index (χ4v) is 17.7. The maximum Gasteiger partial charge on any atom is 0.317 e. The number of aliphatic carboxylic acids is 1. The summed E-state index contributed by atoms with van der Waals surface area (Å²) >= 11 is 0. The molecule has 10 rings (SSSR count). The average Bonchev–Trinajstić information content (AvgIpc) is 0.940. The fraction of sp³-hybridized carbons (Fsp3) is 0.915. The van der Waals surface area contributed by atoms with Crippen LogP contribution in [-0.4, -0.2) is 286 Å². The van der Waals surface area contributed by atoms with E-state index in [4.69, 9.17) is 52.1 Å². The molecule has 0 aromatic carbocycles. The summed E-state index contributed by atoms with van der Waals surface area (Å²) in [4.78, 5) is 42.1. The molecule has 508 valence electrons. The minimum Gasteiger partial charge on any atom is -0.481 e. The van der Waals surface area contributed by atoms with Crippen LogP contribution in [0.2, 0.25) is 0 Å². The average molecular weight is 1280 g/mol. The standard InChI is InChI=1S/C59H92O30/c1-23-40(85-46-38(72)41(29(66)19-79-46)86-50-44(74)57(78,20-61)22-81-50)42(83-24(2)63)39(73)48(82-23)87-43-34(68)28(65)18-80-49(43)89-52(77)58-13-12-53(3,4)14-26(58)25-8-9-31-54(5)15-27(64)45(88-47-37(71)36(70)35(69)30(17-60)84-47)59(21-62,51(75)76)32(54)10-11-55(31,6)56(25,7)16-33(58)67/h8,23,26-50,60-62,64-74,78H,9-22H2,1-7H3,(H,75,76)/t23-,26-,27-,28-,29+,30+,31+,32+,33+,34-,35+,36-,37+,38+,39+,40-,41-,42-,43+,44-,45-,46-,47-,48-,49-,50-,54+,55+,56+,57+,58+,59+/m1/s1. The van der Waals surface area contributed by atoms with Gasteiger partial charge in [-0.2, -0.15) is 0 Å². The van der Waals surface area contributed by atoms with E-state index in [2.05, 4.69) is 6.92 Å². The van der Waals surface area contributed by atoms with Gasteiger partial charge in [0.25, 0.3) is 0 Å². The summed E-state index contributed by atoms with van der Waals surface area (Å²) < 4.78 is 64.4. The Kier molecular flexibility index (Phi) is 19.4. The number of hydrogen-bond acceptors (Lipinski definition) is 29. The van der Waals surface area contributed by atoms with Crippen molar-refractivity contribution in [3.8, 4) is 0 Å². The highest BCUT2D eigenvalue weighted by molar-refractivity contribution is 5.80. The molecule has 0 amide bonds. The van der Waals surface area contributed by atoms with Crippen molar-refractivity contribution >= 4 is 17.9 Å². The van der Waals surface area contributed by atoms with E-state index in [1.54, 1.807) is 0 Å². The third-order valence-corrected chi connectivity index (χ3v) is 22.8. The largest absolute Gasteiger partial charge is 0.481 e. The van der Waals surface area contributed by atoms with Crippen molar-refractivity contribution in [3.05, 3.63) is 11.6 Å². The van der Waals surface area contributed by atoms with Crippen LogP contribution in [0.3, 0.4) is 0 Å². The number of carbonyl (C=O) groups is 3. The number of esters is 2. The molecular weight excluding hydrogens is 1190 g/mol. The van der Waals surface area contributed by atoms with Gasteiger partial charge in [0.1, 0.15) is 95.8 Å². The van der Waals surface area contributed by atoms with Gasteiger partial charge in [0.15, 0.2) is 37.4 Å². The number of carboxylic acids is 1. The third kappa shape index (κ3) is 11.2. The number of hydrogen-bond donors (Lipinski definition) is 16. The Morgan fingerprint density at radius 3 is 1.90 bits per heavy atom. The van der Waals surface area contributed by atoms with Crippen molar-refractivity contribution < 1.29 is 148 Å². The Labute approximate surface area is 513 Å². The Hall–Kier alpha value is -2.81. The summed E-state index contributed by atoms with van der Waals surface area (Å²) in [6, 6.07) is 0. The SMILES string of the molecule is CC(=O)O[C@@H]1[C@H](O)[C@@H](O[C@@H]2[C@@H](OC(=O)[C@@]34CCC(C)(C)C[C@@H]3C3=CC[C@H]5[C@]6(C)C[C@@H](O)[C@@H](O[C@H]7O[C@@H](CO)[C@H](O)[C@@H](O)[C@@H]7O)[C@@](CO)(C(=O)O)[C@H]6CC[C@]5(C)[C@@]3(C)C[C@@H]4O)OC[C@@H](O)[C@H]2O)O[C@H](C)[C@H]1O[C@H]1OC[C@H](O)[C@@H](O[C@H]2OC[C@@](O)(CO)[C@@H]2O)[C@@H]1O. The molecule has 32 atom stereocenters. The van der Waals surface area contributed by atoms with Crippen molar-refractivity contribution in [2.24, 2.45) is 50.2 Å². The van der Waals surface area contributed by atoms with Gasteiger partial charge in [0.05, 0.1) is 58.0 Å². The molecule has 0 aromatic rings. The van der Waals surface area contributed by atoms with E-state index in [9.17, 15) is 91.3 Å². The van der Waals surface area contributed by atoms with Crippen LogP contribution < -0.4 is 0 Å². The van der Waals surface area contributed by atoms with Crippen LogP contribution in [0, 0.1) is 50.2 Å². The van der Waals surface area contributed by atoms with Gasteiger partial charge < -0.3 is 134 Å². The lowest BCUT2D eigenvalue weighted by atomic mass is 9.33. The highest BCUT2D eigenvalue weighted by Gasteiger charge is 2.75. The summed E-state index contributed by atoms with van der Waals surface area (Å²) in [5.74, 6) is -5.37. The molecule has 5 aliphatic carbocycles. The van der Waals surface area contributed by atoms with Crippen LogP contribution in [0.5, 0.6) is 0 Å². The maximum atomic E-state index is 15.5. The normalized spacial score (nSPS) is 53.0. The number of aliphatic hydroxyl groups excluding tert-OH is 14. The molecule has 0 spiro atoms. The Balaban J connectivity index is 0.890. The number of rotatable bonds is 15. The smallest absolute Gasteiger partial charge is 0.317 e. The molecule has 16 N–H and O–H groups in total. The molecule has 4 saturated carbocycles. The van der Waals surface area contributed by atoms with Gasteiger partial charge in [-0.15, -0.1) is 0 Å². The Bertz CT molecular complexity index is 2590. The van der Waals surface area contributed by atoms with Crippen LogP contribution in [0.4, 0.5) is 0 Å². The van der Waals surface area contributed by atoms with Gasteiger partial charge in [-0.05, 0) is 97.7 Å². The molecule has 0 radical (unpaired) electrons. The highest BCUT2D eigenvalue weighted by Crippen LogP contribution is 2.76. The minimum absolute atomic E-state index is 0.00808. The van der Waals surface area contributed by atoms with Crippen LogP contribution in [0.15, 0.2) is 11.6 Å². The molecule has 30 heteroatoms. The van der Waals surface area contributed by atoms with E-state index in [0.717, 1.165) is 12.5 Å². The van der Waals surface area contributed by atoms with Gasteiger partial charge in [-0.1, -0.05) is 46.3 Å². The zero-order valence-electron chi connectivity index (χ0n) is 50.9. The van der Waals surface area contributed by atoms with Crippen LogP contribution in [-0.2, 0) is 66.5 Å². The number of carboxylic acid groups (broad SMARTS) is 1. The van der Waals surface area contributed by atoms with E-state index in [0.29, 0.717) is 25.7 Å². The second-order valence-electron chi connectivity index (χ2n) is 28.4. The van der Waals surface area contributed by atoms with Crippen LogP contribution in [0.25, 0.3) is 0 Å². The molecule has 10 aliphatic rings. The lowest BCUT2D eigenvalue weighted by Crippen LogP contribution is -2.72. The Morgan fingerprint density at radius 2 is 1.26 bits per heavy atom. The lowest BCUT2D eigenvalue weighted by molar-refractivity contribution is -0.372. The zero-order valence-corrected chi connectivity index (χ0v) is 50.9. The van der Waals surface area contributed by atoms with Gasteiger partial charge in [0.2, 0.25) is 6.29 Å². The van der Waals surface area contributed by atoms with Crippen molar-refractivity contribution in [1.82, 2.24) is 0 Å². The topological polar surface area (TPSA) is 476 Å². The van der Waals surface area contributed by atoms with E-state index in [-0.39, 0.29) is 25.7 Å². The number of allylic oxidation sites excluding steroid dienone is 2. The molecule has 5 saturated heterocycles. The molecule has 9 fully saturated rings. The fourth-order valence-electron chi connectivity index (χ4n) is 17.7. The first kappa shape index (κ1) is 69.0. The summed E-state index contributed by atoms with van der Waals surface area (Å²) in [7, 11) is 0. The Morgan fingerprint density at radius 1 is 0.618 bits per heavy atom. The van der Waals surface area contributed by atoms with Gasteiger partial charge in [-0.25, -0.2) is 0 Å². The number of carbonyl (C=O) groups excluding carboxylic acids is 2. The lowest BCUT2D eigenvalue weighted by Gasteiger charge is -2.72. The minimum atomic E-state index is -2.22. The second kappa shape index (κ2) is 25.1. The van der Waals surface area contributed by atoms with Gasteiger partial charge in [-0.3, -0.25) is 14.4 Å². The quantitative estimate of drug-likeness (QED) is 0.0416. The number of fused-ring (bicyclic) bond motifs is 7. The van der Waals surface area contributed by atoms with Crippen molar-refractivity contribution in [2.75, 3.05) is 39.6 Å². The van der Waals surface area contributed by atoms with Crippen molar-refractivity contribution in [3.63, 3.8) is 0 Å². The number of ether oxygens (including phenoxy) is 11. The summed E-state index contributed by atoms with van der Waals surface area (Å²) in [6.07, 6.45) is -35.5. The molecule has 5 heterocycles. The first-order valence-corrected chi connectivity index (χ1v) is 30.8. The first-order valence-electron chi connectivity index (χ1n) is 30.8. The van der Waals surface area contributed by atoms with Gasteiger partial charge in [0, 0.05) is 6.92 Å². The second-order valence-corrected chi connectivity index (χ2v) is 28.4. The van der Waals surface area contributed by atoms with E-state index < -0.39 is 255 Å². The van der Waals surface area contributed by atoms with Crippen LogP contribution in [0.1, 0.15) is 99.8 Å². The number of aliphatic hydroxyl groups is 15. The molecule has 0 bridgehead atoms. The van der Waals surface area contributed by atoms with E-state index in [1.165, 1.54) is 6.92 Å². The molecule has 30 nitrogen and oxygen atoms in total.